The number of nitrogens with zero attached hydrogens (tertiary/aromatic N) is 1. The molecule has 0 spiro atoms. The van der Waals surface area contributed by atoms with E-state index >= 15 is 0 Å². The summed E-state index contributed by atoms with van der Waals surface area (Å²) >= 11 is 0. The predicted octanol–water partition coefficient (Wildman–Crippen LogP) is 3.52. The molecule has 0 unspecified atom stereocenters. The number of hydrogen-bond acceptors (Lipinski definition) is 5. The number of carbonyl (C=O) groups is 2. The standard InChI is InChI=1S/C22H25N3O4/c1-3-15-29-20-8-6-5-7-17(20)16-23-25-22(27)14-13-21(26)24-18-9-11-19(12-10-18)28-4-2/h3,5-12,16H,1,4,13-15H2,2H3,(H,24,26)(H,25,27)/b23-16+. The molecule has 0 aliphatic carbocycles. The van der Waals surface area contributed by atoms with Crippen LogP contribution in [0.5, 0.6) is 11.5 Å². The summed E-state index contributed by atoms with van der Waals surface area (Å²) in [5.41, 5.74) is 3.78. The molecular formula is C22H25N3O4. The van der Waals surface area contributed by atoms with Gasteiger partial charge in [-0.2, -0.15) is 5.10 Å². The van der Waals surface area contributed by atoms with Gasteiger partial charge in [-0.1, -0.05) is 24.8 Å². The van der Waals surface area contributed by atoms with Gasteiger partial charge < -0.3 is 14.8 Å². The van der Waals surface area contributed by atoms with Crippen LogP contribution in [0.15, 0.2) is 66.3 Å². The third kappa shape index (κ3) is 7.88. The molecule has 0 saturated heterocycles. The van der Waals surface area contributed by atoms with Gasteiger partial charge >= 0.3 is 0 Å². The van der Waals surface area contributed by atoms with Crippen LogP contribution >= 0.6 is 0 Å². The van der Waals surface area contributed by atoms with E-state index in [4.69, 9.17) is 9.47 Å². The van der Waals surface area contributed by atoms with Crippen LogP contribution in [0, 0.1) is 0 Å². The van der Waals surface area contributed by atoms with E-state index in [1.54, 1.807) is 36.4 Å². The number of hydrazone groups is 1. The van der Waals surface area contributed by atoms with Crippen molar-refractivity contribution in [3.05, 3.63) is 66.7 Å². The zero-order valence-corrected chi connectivity index (χ0v) is 16.4. The van der Waals surface area contributed by atoms with Crippen molar-refractivity contribution in [3.8, 4) is 11.5 Å². The van der Waals surface area contributed by atoms with Crippen molar-refractivity contribution in [3.63, 3.8) is 0 Å². The number of benzene rings is 2. The van der Waals surface area contributed by atoms with Crippen LogP contribution in [0.3, 0.4) is 0 Å². The van der Waals surface area contributed by atoms with E-state index < -0.39 is 0 Å². The van der Waals surface area contributed by atoms with E-state index in [9.17, 15) is 9.59 Å². The summed E-state index contributed by atoms with van der Waals surface area (Å²) in [5, 5.41) is 6.66. The predicted molar refractivity (Wildman–Crippen MR) is 113 cm³/mol. The van der Waals surface area contributed by atoms with Crippen LogP contribution in [0.1, 0.15) is 25.3 Å². The molecule has 0 fully saturated rings. The van der Waals surface area contributed by atoms with Gasteiger partial charge in [-0.25, -0.2) is 5.43 Å². The quantitative estimate of drug-likeness (QED) is 0.346. The summed E-state index contributed by atoms with van der Waals surface area (Å²) in [6.07, 6.45) is 3.22. The van der Waals surface area contributed by atoms with Crippen molar-refractivity contribution in [2.24, 2.45) is 5.10 Å². The van der Waals surface area contributed by atoms with E-state index in [0.29, 0.717) is 24.7 Å². The lowest BCUT2D eigenvalue weighted by atomic mass is 10.2. The first-order chi connectivity index (χ1) is 14.1. The second-order valence-electron chi connectivity index (χ2n) is 5.94. The van der Waals surface area contributed by atoms with Gasteiger partial charge in [-0.05, 0) is 43.3 Å². The molecule has 0 heterocycles. The maximum atomic E-state index is 12.0. The highest BCUT2D eigenvalue weighted by Gasteiger charge is 2.07. The lowest BCUT2D eigenvalue weighted by Gasteiger charge is -2.07. The molecule has 0 aliphatic heterocycles. The Bertz CT molecular complexity index is 847. The highest BCUT2D eigenvalue weighted by Crippen LogP contribution is 2.16. The summed E-state index contributed by atoms with van der Waals surface area (Å²) < 4.78 is 10.9. The van der Waals surface area contributed by atoms with Crippen molar-refractivity contribution >= 4 is 23.7 Å². The summed E-state index contributed by atoms with van der Waals surface area (Å²) in [4.78, 5) is 23.9. The number of para-hydroxylation sites is 1. The smallest absolute Gasteiger partial charge is 0.240 e. The van der Waals surface area contributed by atoms with Gasteiger partial charge in [-0.3, -0.25) is 9.59 Å². The van der Waals surface area contributed by atoms with Gasteiger partial charge in [0.2, 0.25) is 11.8 Å². The number of hydrogen-bond donors (Lipinski definition) is 2. The summed E-state index contributed by atoms with van der Waals surface area (Å²) in [6.45, 7) is 6.47. The lowest BCUT2D eigenvalue weighted by Crippen LogP contribution is -2.20. The summed E-state index contributed by atoms with van der Waals surface area (Å²) in [5.74, 6) is 0.767. The Morgan fingerprint density at radius 1 is 1.03 bits per heavy atom. The first-order valence-corrected chi connectivity index (χ1v) is 9.29. The topological polar surface area (TPSA) is 89.0 Å². The minimum absolute atomic E-state index is 0.0226. The third-order valence-corrected chi connectivity index (χ3v) is 3.70. The van der Waals surface area contributed by atoms with Crippen molar-refractivity contribution in [1.82, 2.24) is 5.43 Å². The van der Waals surface area contributed by atoms with Gasteiger partial charge in [0.15, 0.2) is 0 Å². The molecule has 152 valence electrons. The molecule has 0 radical (unpaired) electrons. The molecule has 0 aromatic heterocycles. The molecule has 7 heteroatoms. The van der Waals surface area contributed by atoms with Gasteiger partial charge in [0.1, 0.15) is 18.1 Å². The van der Waals surface area contributed by atoms with Crippen molar-refractivity contribution in [2.45, 2.75) is 19.8 Å². The van der Waals surface area contributed by atoms with Crippen molar-refractivity contribution in [2.75, 3.05) is 18.5 Å². The summed E-state index contributed by atoms with van der Waals surface area (Å²) in [7, 11) is 0. The number of rotatable bonds is 11. The Morgan fingerprint density at radius 3 is 2.48 bits per heavy atom. The fraction of sp³-hybridized carbons (Fsp3) is 0.227. The van der Waals surface area contributed by atoms with E-state index in [2.05, 4.69) is 22.4 Å². The van der Waals surface area contributed by atoms with Crippen molar-refractivity contribution < 1.29 is 19.1 Å². The first-order valence-electron chi connectivity index (χ1n) is 9.29. The van der Waals surface area contributed by atoms with E-state index in [1.165, 1.54) is 6.21 Å². The Labute approximate surface area is 170 Å². The number of nitrogens with one attached hydrogen (secondary N) is 2. The molecule has 2 N–H and O–H groups in total. The molecule has 7 nitrogen and oxygen atoms in total. The number of carbonyl (C=O) groups excluding carboxylic acids is 2. The average molecular weight is 395 g/mol. The highest BCUT2D eigenvalue weighted by atomic mass is 16.5. The normalized spacial score (nSPS) is 10.4. The Kier molecular flexibility index (Phi) is 8.95. The monoisotopic (exact) mass is 395 g/mol. The Balaban J connectivity index is 1.76. The fourth-order valence-electron chi connectivity index (χ4n) is 2.35. The van der Waals surface area contributed by atoms with Gasteiger partial charge in [0, 0.05) is 24.1 Å². The van der Waals surface area contributed by atoms with Crippen LogP contribution in [0.4, 0.5) is 5.69 Å². The Hall–Kier alpha value is -3.61. The van der Waals surface area contributed by atoms with Crippen molar-refractivity contribution in [1.29, 1.82) is 0 Å². The molecule has 2 aromatic rings. The SMILES string of the molecule is C=CCOc1ccccc1/C=N/NC(=O)CCC(=O)Nc1ccc(OCC)cc1. The van der Waals surface area contributed by atoms with Gasteiger partial charge in [-0.15, -0.1) is 0 Å². The molecule has 0 aliphatic rings. The number of amides is 2. The van der Waals surface area contributed by atoms with Crippen LogP contribution in [-0.4, -0.2) is 31.2 Å². The number of ether oxygens (including phenoxy) is 2. The second-order valence-corrected chi connectivity index (χ2v) is 5.94. The number of anilines is 1. The Morgan fingerprint density at radius 2 is 1.76 bits per heavy atom. The largest absolute Gasteiger partial charge is 0.494 e. The third-order valence-electron chi connectivity index (χ3n) is 3.70. The maximum absolute atomic E-state index is 12.0. The molecule has 0 saturated carbocycles. The van der Waals surface area contributed by atoms with Gasteiger partial charge in [0.05, 0.1) is 12.8 Å². The van der Waals surface area contributed by atoms with E-state index in [1.807, 2.05) is 25.1 Å². The molecule has 2 aromatic carbocycles. The fourth-order valence-corrected chi connectivity index (χ4v) is 2.35. The van der Waals surface area contributed by atoms with Crippen LogP contribution < -0.4 is 20.2 Å². The minimum Gasteiger partial charge on any atom is -0.494 e. The molecular weight excluding hydrogens is 370 g/mol. The second kappa shape index (κ2) is 12.0. The molecule has 29 heavy (non-hydrogen) atoms. The first kappa shape index (κ1) is 21.7. The van der Waals surface area contributed by atoms with E-state index in [-0.39, 0.29) is 24.7 Å². The lowest BCUT2D eigenvalue weighted by molar-refractivity contribution is -0.124. The zero-order valence-electron chi connectivity index (χ0n) is 16.4. The molecule has 0 bridgehead atoms. The molecule has 0 atom stereocenters. The molecule has 2 rings (SSSR count). The molecule has 2 amide bonds. The average Bonchev–Trinajstić information content (AvgIpc) is 2.73. The van der Waals surface area contributed by atoms with Gasteiger partial charge in [0.25, 0.3) is 0 Å². The highest BCUT2D eigenvalue weighted by molar-refractivity contribution is 5.93. The van der Waals surface area contributed by atoms with E-state index in [0.717, 1.165) is 11.3 Å². The zero-order chi connectivity index (χ0) is 20.9. The minimum atomic E-state index is -0.354. The van der Waals surface area contributed by atoms with Crippen LogP contribution in [0.25, 0.3) is 0 Å². The van der Waals surface area contributed by atoms with Crippen LogP contribution in [0.2, 0.25) is 0 Å². The van der Waals surface area contributed by atoms with Crippen LogP contribution in [-0.2, 0) is 9.59 Å². The maximum Gasteiger partial charge on any atom is 0.240 e. The summed E-state index contributed by atoms with van der Waals surface area (Å²) in [6, 6.07) is 14.4.